The van der Waals surface area contributed by atoms with E-state index in [1.165, 1.54) is 0 Å². The number of amides is 1. The Balaban J connectivity index is 1.55. The van der Waals surface area contributed by atoms with E-state index in [0.29, 0.717) is 6.42 Å². The van der Waals surface area contributed by atoms with Crippen LogP contribution in [0, 0.1) is 13.8 Å². The van der Waals surface area contributed by atoms with Gasteiger partial charge in [0.2, 0.25) is 5.91 Å². The van der Waals surface area contributed by atoms with E-state index in [1.54, 1.807) is 16.3 Å². The smallest absolute Gasteiger partial charge is 0.257 e. The molecule has 2 aromatic rings. The Hall–Kier alpha value is -2.08. The van der Waals surface area contributed by atoms with Gasteiger partial charge in [-0.15, -0.1) is 0 Å². The number of rotatable bonds is 3. The van der Waals surface area contributed by atoms with Gasteiger partial charge in [-0.1, -0.05) is 23.9 Å². The fourth-order valence-corrected chi connectivity index (χ4v) is 4.76. The molecule has 0 bridgehead atoms. The van der Waals surface area contributed by atoms with Gasteiger partial charge in [0.1, 0.15) is 0 Å². The van der Waals surface area contributed by atoms with Crippen LogP contribution < -0.4 is 10.9 Å². The Bertz CT molecular complexity index is 920. The number of aryl methyl sites for hydroxylation is 2. The van der Waals surface area contributed by atoms with Gasteiger partial charge in [-0.25, -0.2) is 4.98 Å². The molecular weight excluding hydrogens is 334 g/mol. The van der Waals surface area contributed by atoms with Crippen LogP contribution in [0.4, 0.5) is 5.69 Å². The van der Waals surface area contributed by atoms with Gasteiger partial charge in [0, 0.05) is 23.4 Å². The van der Waals surface area contributed by atoms with E-state index in [9.17, 15) is 9.59 Å². The van der Waals surface area contributed by atoms with Crippen LogP contribution in [-0.4, -0.2) is 21.2 Å². The summed E-state index contributed by atoms with van der Waals surface area (Å²) in [5, 5.41) is 3.77. The molecule has 0 saturated heterocycles. The highest BCUT2D eigenvalue weighted by Crippen LogP contribution is 2.34. The van der Waals surface area contributed by atoms with Crippen molar-refractivity contribution >= 4 is 23.4 Å². The molecule has 1 unspecified atom stereocenters. The van der Waals surface area contributed by atoms with Crippen LogP contribution in [0.5, 0.6) is 0 Å². The van der Waals surface area contributed by atoms with Crippen LogP contribution >= 0.6 is 11.8 Å². The number of nitrogens with one attached hydrogen (secondary N) is 1. The molecule has 1 aliphatic carbocycles. The Morgan fingerprint density at radius 2 is 2.20 bits per heavy atom. The first-order valence-electron chi connectivity index (χ1n) is 8.67. The van der Waals surface area contributed by atoms with Gasteiger partial charge < -0.3 is 5.32 Å². The number of aromatic nitrogens is 2. The second kappa shape index (κ2) is 6.33. The second-order valence-corrected chi connectivity index (χ2v) is 7.80. The highest BCUT2D eigenvalue weighted by Gasteiger charge is 2.31. The summed E-state index contributed by atoms with van der Waals surface area (Å²) < 4.78 is 1.75. The molecule has 1 amide bonds. The zero-order valence-corrected chi connectivity index (χ0v) is 15.3. The molecule has 1 aliphatic heterocycles. The van der Waals surface area contributed by atoms with Crippen molar-refractivity contribution in [3.05, 3.63) is 50.9 Å². The molecule has 1 aromatic carbocycles. The summed E-state index contributed by atoms with van der Waals surface area (Å²) in [6.45, 7) is 4.03. The summed E-state index contributed by atoms with van der Waals surface area (Å²) in [4.78, 5) is 30.0. The first kappa shape index (κ1) is 16.4. The van der Waals surface area contributed by atoms with Crippen LogP contribution in [0.15, 0.2) is 28.2 Å². The van der Waals surface area contributed by atoms with Crippen molar-refractivity contribution in [1.82, 2.24) is 9.55 Å². The summed E-state index contributed by atoms with van der Waals surface area (Å²) in [6, 6.07) is 5.77. The quantitative estimate of drug-likeness (QED) is 0.860. The first-order chi connectivity index (χ1) is 12.0. The highest BCUT2D eigenvalue weighted by atomic mass is 32.2. The van der Waals surface area contributed by atoms with E-state index in [2.05, 4.69) is 10.3 Å². The molecule has 5 nitrogen and oxygen atoms in total. The fourth-order valence-electron chi connectivity index (χ4n) is 3.60. The van der Waals surface area contributed by atoms with Crippen LogP contribution in [0.3, 0.4) is 0 Å². The van der Waals surface area contributed by atoms with E-state index in [0.717, 1.165) is 58.2 Å². The maximum absolute atomic E-state index is 12.8. The first-order valence-corrected chi connectivity index (χ1v) is 9.66. The zero-order valence-electron chi connectivity index (χ0n) is 14.5. The fraction of sp³-hybridized carbons (Fsp3) is 0.421. The third kappa shape index (κ3) is 2.88. The standard InChI is InChI=1S/C19H21N3O2S/c1-11-5-3-7-15(12(11)2)20-17(23)9-13-10-25-19-21-16-8-4-6-14(16)18(24)22(13)19/h3,5,7,13H,4,6,8-10H2,1-2H3,(H,20,23). The number of nitrogens with zero attached hydrogens (tertiary/aromatic N) is 2. The molecule has 1 aromatic heterocycles. The molecule has 2 heterocycles. The highest BCUT2D eigenvalue weighted by molar-refractivity contribution is 7.99. The summed E-state index contributed by atoms with van der Waals surface area (Å²) in [7, 11) is 0. The predicted octanol–water partition coefficient (Wildman–Crippen LogP) is 3.02. The third-order valence-corrected chi connectivity index (χ3v) is 6.27. The molecule has 0 spiro atoms. The summed E-state index contributed by atoms with van der Waals surface area (Å²) in [6.07, 6.45) is 3.02. The third-order valence-electron chi connectivity index (χ3n) is 5.17. The van der Waals surface area contributed by atoms with E-state index in [1.807, 2.05) is 32.0 Å². The molecule has 2 aliphatic rings. The van der Waals surface area contributed by atoms with Crippen molar-refractivity contribution in [3.8, 4) is 0 Å². The number of thioether (sulfide) groups is 1. The van der Waals surface area contributed by atoms with Gasteiger partial charge in [0.05, 0.1) is 11.7 Å². The summed E-state index contributed by atoms with van der Waals surface area (Å²) in [5.41, 5.74) is 4.95. The maximum atomic E-state index is 12.8. The monoisotopic (exact) mass is 355 g/mol. The minimum atomic E-state index is -0.115. The van der Waals surface area contributed by atoms with Crippen molar-refractivity contribution in [2.75, 3.05) is 11.1 Å². The Kier molecular flexibility index (Phi) is 4.15. The zero-order chi connectivity index (χ0) is 17.6. The minimum Gasteiger partial charge on any atom is -0.326 e. The number of benzene rings is 1. The number of anilines is 1. The Labute approximate surface area is 150 Å². The van der Waals surface area contributed by atoms with Crippen molar-refractivity contribution in [3.63, 3.8) is 0 Å². The lowest BCUT2D eigenvalue weighted by atomic mass is 10.1. The molecular formula is C19H21N3O2S. The molecule has 6 heteroatoms. The van der Waals surface area contributed by atoms with E-state index in [4.69, 9.17) is 0 Å². The van der Waals surface area contributed by atoms with E-state index in [-0.39, 0.29) is 17.5 Å². The normalized spacial score (nSPS) is 18.1. The molecule has 4 rings (SSSR count). The molecule has 130 valence electrons. The van der Waals surface area contributed by atoms with Gasteiger partial charge in [-0.3, -0.25) is 14.2 Å². The second-order valence-electron chi connectivity index (χ2n) is 6.81. The van der Waals surface area contributed by atoms with Crippen molar-refractivity contribution in [2.24, 2.45) is 0 Å². The lowest BCUT2D eigenvalue weighted by Crippen LogP contribution is -2.30. The van der Waals surface area contributed by atoms with E-state index < -0.39 is 0 Å². The topological polar surface area (TPSA) is 64.0 Å². The molecule has 1 atom stereocenters. The SMILES string of the molecule is Cc1cccc(NC(=O)CC2CSc3nc4c(c(=O)n32)CCC4)c1C. The lowest BCUT2D eigenvalue weighted by molar-refractivity contribution is -0.116. The minimum absolute atomic E-state index is 0.0560. The number of carbonyl (C=O) groups is 1. The molecule has 0 saturated carbocycles. The van der Waals surface area contributed by atoms with Crippen LogP contribution in [0.2, 0.25) is 0 Å². The van der Waals surface area contributed by atoms with Crippen molar-refractivity contribution in [2.45, 2.75) is 50.7 Å². The number of carbonyl (C=O) groups excluding carboxylic acids is 1. The van der Waals surface area contributed by atoms with Gasteiger partial charge in [0.15, 0.2) is 5.16 Å². The number of hydrogen-bond donors (Lipinski definition) is 1. The van der Waals surface area contributed by atoms with Gasteiger partial charge in [-0.2, -0.15) is 0 Å². The average molecular weight is 355 g/mol. The largest absolute Gasteiger partial charge is 0.326 e. The summed E-state index contributed by atoms with van der Waals surface area (Å²) >= 11 is 1.58. The maximum Gasteiger partial charge on any atom is 0.257 e. The Morgan fingerprint density at radius 1 is 1.36 bits per heavy atom. The molecule has 1 N–H and O–H groups in total. The molecule has 0 fully saturated rings. The number of fused-ring (bicyclic) bond motifs is 2. The number of hydrogen-bond acceptors (Lipinski definition) is 4. The van der Waals surface area contributed by atoms with Gasteiger partial charge >= 0.3 is 0 Å². The summed E-state index contributed by atoms with van der Waals surface area (Å²) in [5.74, 6) is 0.672. The van der Waals surface area contributed by atoms with Crippen molar-refractivity contribution < 1.29 is 4.79 Å². The lowest BCUT2D eigenvalue weighted by Gasteiger charge is -2.15. The van der Waals surface area contributed by atoms with Crippen LogP contribution in [-0.2, 0) is 17.6 Å². The molecule has 0 radical (unpaired) electrons. The van der Waals surface area contributed by atoms with E-state index >= 15 is 0 Å². The average Bonchev–Trinajstić information content (AvgIpc) is 3.20. The predicted molar refractivity (Wildman–Crippen MR) is 99.4 cm³/mol. The van der Waals surface area contributed by atoms with Crippen LogP contribution in [0.1, 0.15) is 41.3 Å². The Morgan fingerprint density at radius 3 is 3.04 bits per heavy atom. The van der Waals surface area contributed by atoms with Crippen LogP contribution in [0.25, 0.3) is 0 Å². The molecule has 25 heavy (non-hydrogen) atoms. The van der Waals surface area contributed by atoms with Gasteiger partial charge in [-0.05, 0) is 50.3 Å². The van der Waals surface area contributed by atoms with Crippen molar-refractivity contribution in [1.29, 1.82) is 0 Å². The van der Waals surface area contributed by atoms with Gasteiger partial charge in [0.25, 0.3) is 5.56 Å².